The Morgan fingerprint density at radius 1 is 1.17 bits per heavy atom. The molecular formula is C21H26N4O3S. The summed E-state index contributed by atoms with van der Waals surface area (Å²) in [5.41, 5.74) is 3.41. The Balaban J connectivity index is 1.59. The Bertz CT molecular complexity index is 1080. The molecule has 7 nitrogen and oxygen atoms in total. The maximum absolute atomic E-state index is 13.0. The highest BCUT2D eigenvalue weighted by atomic mass is 32.2. The number of benzene rings is 1. The van der Waals surface area contributed by atoms with E-state index in [-0.39, 0.29) is 11.2 Å². The third-order valence-electron chi connectivity index (χ3n) is 6.80. The van der Waals surface area contributed by atoms with Crippen LogP contribution in [0.5, 0.6) is 0 Å². The van der Waals surface area contributed by atoms with E-state index >= 15 is 0 Å². The molecule has 8 heteroatoms. The minimum Gasteiger partial charge on any atom is -0.324 e. The van der Waals surface area contributed by atoms with Gasteiger partial charge in [0.25, 0.3) is 0 Å². The molecule has 2 heterocycles. The van der Waals surface area contributed by atoms with Crippen molar-refractivity contribution in [3.63, 3.8) is 0 Å². The summed E-state index contributed by atoms with van der Waals surface area (Å²) in [5, 5.41) is 6.97. The Hall–Kier alpha value is -2.35. The van der Waals surface area contributed by atoms with Crippen molar-refractivity contribution in [2.75, 3.05) is 10.0 Å². The van der Waals surface area contributed by atoms with Crippen LogP contribution in [-0.4, -0.2) is 29.4 Å². The fourth-order valence-corrected chi connectivity index (χ4v) is 6.57. The van der Waals surface area contributed by atoms with E-state index in [9.17, 15) is 13.2 Å². The highest BCUT2D eigenvalue weighted by Crippen LogP contribution is 2.54. The highest BCUT2D eigenvalue weighted by Gasteiger charge is 2.52. The third kappa shape index (κ3) is 2.96. The predicted molar refractivity (Wildman–Crippen MR) is 112 cm³/mol. The Morgan fingerprint density at radius 2 is 1.93 bits per heavy atom. The molecule has 2 aliphatic carbocycles. The summed E-state index contributed by atoms with van der Waals surface area (Å²) in [6.45, 7) is 0. The summed E-state index contributed by atoms with van der Waals surface area (Å²) in [6, 6.07) is 3.70. The molecule has 1 amide bonds. The van der Waals surface area contributed by atoms with Gasteiger partial charge in [-0.2, -0.15) is 5.10 Å². The van der Waals surface area contributed by atoms with E-state index in [1.165, 1.54) is 0 Å². The number of fused-ring (bicyclic) bond motifs is 2. The van der Waals surface area contributed by atoms with E-state index in [2.05, 4.69) is 15.1 Å². The Kier molecular flexibility index (Phi) is 4.24. The van der Waals surface area contributed by atoms with Gasteiger partial charge in [0.15, 0.2) is 0 Å². The molecular weight excluding hydrogens is 388 g/mol. The van der Waals surface area contributed by atoms with Crippen molar-refractivity contribution in [1.29, 1.82) is 0 Å². The second kappa shape index (κ2) is 6.58. The topological polar surface area (TPSA) is 93.1 Å². The largest absolute Gasteiger partial charge is 0.324 e. The molecule has 0 atom stereocenters. The van der Waals surface area contributed by atoms with Crippen molar-refractivity contribution in [3.05, 3.63) is 30.1 Å². The van der Waals surface area contributed by atoms with Gasteiger partial charge in [-0.15, -0.1) is 0 Å². The van der Waals surface area contributed by atoms with Crippen LogP contribution in [0.4, 0.5) is 11.4 Å². The first-order chi connectivity index (χ1) is 13.9. The van der Waals surface area contributed by atoms with Crippen LogP contribution in [0.1, 0.15) is 56.9 Å². The smallest absolute Gasteiger partial charge is 0.235 e. The van der Waals surface area contributed by atoms with Gasteiger partial charge in [0.1, 0.15) is 0 Å². The van der Waals surface area contributed by atoms with E-state index in [0.29, 0.717) is 18.5 Å². The van der Waals surface area contributed by atoms with Crippen molar-refractivity contribution in [2.45, 2.75) is 62.0 Å². The number of sulfonamides is 1. The van der Waals surface area contributed by atoms with Crippen LogP contribution >= 0.6 is 0 Å². The normalized spacial score (nSPS) is 20.9. The zero-order valence-corrected chi connectivity index (χ0v) is 17.4. The number of carbonyl (C=O) groups is 1. The maximum atomic E-state index is 13.0. The van der Waals surface area contributed by atoms with Crippen molar-refractivity contribution >= 4 is 27.3 Å². The van der Waals surface area contributed by atoms with Crippen LogP contribution in [0.25, 0.3) is 11.1 Å². The lowest BCUT2D eigenvalue weighted by Crippen LogP contribution is -2.40. The fraction of sp³-hybridized carbons (Fsp3) is 0.524. The van der Waals surface area contributed by atoms with Crippen LogP contribution in [0.15, 0.2) is 24.5 Å². The van der Waals surface area contributed by atoms with Gasteiger partial charge in [0.05, 0.1) is 22.5 Å². The number of carbonyl (C=O) groups excluding carboxylic acids is 1. The highest BCUT2D eigenvalue weighted by molar-refractivity contribution is 7.93. The predicted octanol–water partition coefficient (Wildman–Crippen LogP) is 3.54. The lowest BCUT2D eigenvalue weighted by Gasteiger charge is -2.36. The van der Waals surface area contributed by atoms with E-state index < -0.39 is 15.4 Å². The summed E-state index contributed by atoms with van der Waals surface area (Å²) >= 11 is 0. The summed E-state index contributed by atoms with van der Waals surface area (Å²) in [5.74, 6) is 0.0242. The van der Waals surface area contributed by atoms with Gasteiger partial charge >= 0.3 is 0 Å². The average molecular weight is 415 g/mol. The van der Waals surface area contributed by atoms with Crippen molar-refractivity contribution < 1.29 is 13.2 Å². The van der Waals surface area contributed by atoms with E-state index in [1.54, 1.807) is 10.9 Å². The van der Waals surface area contributed by atoms with Gasteiger partial charge in [-0.1, -0.05) is 25.7 Å². The number of hydrogen-bond acceptors (Lipinski definition) is 4. The summed E-state index contributed by atoms with van der Waals surface area (Å²) in [7, 11) is -1.62. The molecule has 0 bridgehead atoms. The minimum atomic E-state index is -3.46. The molecule has 5 rings (SSSR count). The number of amides is 1. The Labute approximate surface area is 170 Å². The van der Waals surface area contributed by atoms with Gasteiger partial charge in [-0.25, -0.2) is 8.42 Å². The third-order valence-corrected chi connectivity index (χ3v) is 8.67. The molecule has 0 radical (unpaired) electrons. The first-order valence-electron chi connectivity index (χ1n) is 10.4. The molecule has 0 saturated heterocycles. The second-order valence-corrected chi connectivity index (χ2v) is 10.6. The van der Waals surface area contributed by atoms with E-state index in [1.807, 2.05) is 25.4 Å². The average Bonchev–Trinajstić information content (AvgIpc) is 3.21. The van der Waals surface area contributed by atoms with Gasteiger partial charge in [0.2, 0.25) is 15.9 Å². The quantitative estimate of drug-likeness (QED) is 0.800. The molecule has 29 heavy (non-hydrogen) atoms. The van der Waals surface area contributed by atoms with Crippen LogP contribution < -0.4 is 10.0 Å². The van der Waals surface area contributed by atoms with Crippen molar-refractivity contribution in [3.8, 4) is 11.1 Å². The molecule has 3 aliphatic rings. The number of hydrogen-bond donors (Lipinski definition) is 2. The number of rotatable bonds is 4. The van der Waals surface area contributed by atoms with Crippen LogP contribution in [-0.2, 0) is 27.3 Å². The number of nitrogens with zero attached hydrogens (tertiary/aromatic N) is 2. The molecule has 1 aromatic carbocycles. The number of aromatic nitrogens is 2. The summed E-state index contributed by atoms with van der Waals surface area (Å²) in [4.78, 5) is 12.8. The zero-order valence-electron chi connectivity index (χ0n) is 16.6. The fourth-order valence-electron chi connectivity index (χ4n) is 5.01. The molecule has 154 valence electrons. The standard InChI is InChI=1S/C21H26N4O3S/c1-25-13-14(12-22-25)17-10-15(24-29(27,28)16-6-3-2-4-7-16)11-18-19(17)23-20(26)21(18)8-5-9-21/h10-13,16,24H,2-9H2,1H3,(H,23,26). The molecule has 2 saturated carbocycles. The monoisotopic (exact) mass is 414 g/mol. The molecule has 1 aromatic heterocycles. The Morgan fingerprint density at radius 3 is 2.55 bits per heavy atom. The van der Waals surface area contributed by atoms with Gasteiger partial charge in [0, 0.05) is 30.1 Å². The second-order valence-electron chi connectivity index (χ2n) is 8.65. The molecule has 2 aromatic rings. The SMILES string of the molecule is Cn1cc(-c2cc(NS(=O)(=O)C3CCCCC3)cc3c2NC(=O)C32CCC2)cn1. The number of aryl methyl sites for hydroxylation is 1. The first-order valence-corrected chi connectivity index (χ1v) is 11.9. The lowest BCUT2D eigenvalue weighted by atomic mass is 9.65. The zero-order chi connectivity index (χ0) is 20.2. The molecule has 1 aliphatic heterocycles. The summed E-state index contributed by atoms with van der Waals surface area (Å²) < 4.78 is 30.6. The van der Waals surface area contributed by atoms with Crippen molar-refractivity contribution in [1.82, 2.24) is 9.78 Å². The van der Waals surface area contributed by atoms with Crippen LogP contribution in [0, 0.1) is 0 Å². The van der Waals surface area contributed by atoms with Gasteiger partial charge in [-0.05, 0) is 43.4 Å². The van der Waals surface area contributed by atoms with Gasteiger partial charge in [-0.3, -0.25) is 14.2 Å². The number of anilines is 2. The van der Waals surface area contributed by atoms with Crippen LogP contribution in [0.3, 0.4) is 0 Å². The van der Waals surface area contributed by atoms with E-state index in [0.717, 1.165) is 60.9 Å². The van der Waals surface area contributed by atoms with E-state index in [4.69, 9.17) is 0 Å². The molecule has 1 spiro atoms. The van der Waals surface area contributed by atoms with Crippen LogP contribution in [0.2, 0.25) is 0 Å². The maximum Gasteiger partial charge on any atom is 0.235 e. The van der Waals surface area contributed by atoms with Gasteiger partial charge < -0.3 is 5.32 Å². The minimum absolute atomic E-state index is 0.0242. The van der Waals surface area contributed by atoms with Crippen molar-refractivity contribution in [2.24, 2.45) is 7.05 Å². The molecule has 2 N–H and O–H groups in total. The molecule has 2 fully saturated rings. The first kappa shape index (κ1) is 18.7. The summed E-state index contributed by atoms with van der Waals surface area (Å²) in [6.07, 6.45) is 10.7. The number of nitrogens with one attached hydrogen (secondary N) is 2. The molecule has 0 unspecified atom stereocenters. The lowest BCUT2D eigenvalue weighted by molar-refractivity contribution is -0.123.